The summed E-state index contributed by atoms with van der Waals surface area (Å²) in [6, 6.07) is 30.8. The van der Waals surface area contributed by atoms with Crippen molar-refractivity contribution in [1.29, 1.82) is 0 Å². The van der Waals surface area contributed by atoms with Gasteiger partial charge in [-0.15, -0.1) is 0 Å². The average Bonchev–Trinajstić information content (AvgIpc) is 0.888. The smallest absolute Gasteiger partial charge is 0.215 e. The first-order valence-corrected chi connectivity index (χ1v) is 48.4. The molecule has 0 spiro atoms. The van der Waals surface area contributed by atoms with Gasteiger partial charge in [0.1, 0.15) is 49.0 Å². The molecule has 8 aliphatic carbocycles. The molecule has 2 saturated heterocycles. The van der Waals surface area contributed by atoms with E-state index in [-0.39, 0.29) is 55.0 Å². The molecule has 0 aromatic heterocycles. The van der Waals surface area contributed by atoms with Crippen molar-refractivity contribution < 1.29 is 35.5 Å². The van der Waals surface area contributed by atoms with Crippen LogP contribution in [-0.2, 0) is 42.0 Å². The second-order valence-electron chi connectivity index (χ2n) is 34.7. The lowest BCUT2D eigenvalue weighted by atomic mass is 9.76. The van der Waals surface area contributed by atoms with Crippen LogP contribution in [0.3, 0.4) is 0 Å². The number of hydrogen-bond acceptors (Lipinski definition) is 8. The summed E-state index contributed by atoms with van der Waals surface area (Å²) in [7, 11) is -8.18. The molecular formula is C91H130O8S4. The van der Waals surface area contributed by atoms with E-state index in [0.29, 0.717) is 28.5 Å². The largest absolute Gasteiger partial charge is 0.744 e. The zero-order valence-electron chi connectivity index (χ0n) is 63.8. The van der Waals surface area contributed by atoms with Crippen molar-refractivity contribution in [3.63, 3.8) is 0 Å². The van der Waals surface area contributed by atoms with E-state index < -0.39 is 20.2 Å². The summed E-state index contributed by atoms with van der Waals surface area (Å²) in [6.07, 6.45) is 53.9. The zero-order valence-corrected chi connectivity index (χ0v) is 67.1. The van der Waals surface area contributed by atoms with Gasteiger partial charge in [-0.25, -0.2) is 16.8 Å². The van der Waals surface area contributed by atoms with E-state index in [1.54, 1.807) is 4.90 Å². The quantitative estimate of drug-likeness (QED) is 0.0540. The first-order chi connectivity index (χ1) is 50.0. The summed E-state index contributed by atoms with van der Waals surface area (Å²) < 4.78 is 81.2. The highest BCUT2D eigenvalue weighted by Crippen LogP contribution is 2.49. The standard InChI is InChI=1S/2C24H36O3S.C22H33OS.C21H27OS/c2*25-28(26,27)24-22(19-12-6-2-7-13-19)16-21(18-10-4-1-5-11-18)17-23(24)20-14-8-3-9-15-20;1-22(2,3)21(24-15-7-8-16-24)20(23)19-13-11-18(12-14-19)17-9-5-4-6-10-17;1-2-8-17(9-3-1)16-22-20-12-13-21(23-14-6-7-15-23)19-11-5-4-10-18(19)20/h2*16-20H,1-15H2,(H,25,26,27);11-14,17,21H,4-10,15-16H2,1-3H3;4-5,10-13,17H,1-3,6-9,14-16H2/q;;2*+1/p-2. The molecule has 1 atom stereocenters. The Bertz CT molecular complexity index is 3490. The van der Waals surface area contributed by atoms with E-state index in [4.69, 9.17) is 4.74 Å². The number of carbonyl (C=O) groups is 1. The summed E-state index contributed by atoms with van der Waals surface area (Å²) in [5.74, 6) is 10.3. The normalized spacial score (nSPS) is 22.5. The molecule has 0 N–H and O–H groups in total. The van der Waals surface area contributed by atoms with Gasteiger partial charge in [0.25, 0.3) is 0 Å². The van der Waals surface area contributed by atoms with Crippen LogP contribution >= 0.6 is 0 Å². The van der Waals surface area contributed by atoms with Crippen molar-refractivity contribution in [2.75, 3.05) is 29.6 Å². The molecule has 103 heavy (non-hydrogen) atoms. The van der Waals surface area contributed by atoms with E-state index in [0.717, 1.165) is 155 Å². The number of carbonyl (C=O) groups excluding carboxylic acids is 1. The fraction of sp³-hybridized carbons (Fsp3) is 0.681. The molecule has 15 rings (SSSR count). The maximum absolute atomic E-state index is 13.3. The Morgan fingerprint density at radius 3 is 1.09 bits per heavy atom. The SMILES string of the molecule is CC(C)(C)C(C(=O)c1ccc(C2CCCCC2)cc1)[S+]1CCCC1.O=S(=O)([O-])c1c(C2CCCCC2)cc(C2CCCCC2)cc1C1CCCCC1.O=S(=O)([O-])c1c(C2CCCCC2)cc(C2CCCCC2)cc1C1CCCCC1.c1ccc2c([S+]3CCCC3)ccc(OCC3CCCCC3)c2c1. The highest BCUT2D eigenvalue weighted by Gasteiger charge is 2.47. The Balaban J connectivity index is 0.000000130. The lowest BCUT2D eigenvalue weighted by Crippen LogP contribution is -2.42. The van der Waals surface area contributed by atoms with E-state index >= 15 is 0 Å². The zero-order chi connectivity index (χ0) is 71.8. The van der Waals surface area contributed by atoms with Crippen molar-refractivity contribution in [2.45, 2.75) is 365 Å². The van der Waals surface area contributed by atoms with Gasteiger partial charge in [0.2, 0.25) is 5.78 Å². The molecule has 12 heteroatoms. The van der Waals surface area contributed by atoms with Crippen molar-refractivity contribution >= 4 is 58.6 Å². The molecule has 8 nitrogen and oxygen atoms in total. The minimum atomic E-state index is -4.46. The Morgan fingerprint density at radius 1 is 0.398 bits per heavy atom. The number of fused-ring (bicyclic) bond motifs is 1. The molecule has 2 aliphatic heterocycles. The number of ketones is 1. The maximum atomic E-state index is 13.3. The third-order valence-corrected chi connectivity index (χ3v) is 33.9. The fourth-order valence-electron chi connectivity index (χ4n) is 20.7. The topological polar surface area (TPSA) is 141 Å². The molecule has 5 aromatic carbocycles. The van der Waals surface area contributed by atoms with E-state index in [1.165, 1.54) is 230 Å². The van der Waals surface area contributed by atoms with Crippen molar-refractivity contribution in [3.8, 4) is 5.75 Å². The predicted octanol–water partition coefficient (Wildman–Crippen LogP) is 24.8. The molecule has 2 heterocycles. The summed E-state index contributed by atoms with van der Waals surface area (Å²) in [6.45, 7) is 7.64. The second-order valence-corrected chi connectivity index (χ2v) is 42.0. The number of Topliss-reactive ketones (excluding diaryl/α,β-unsaturated/α-hetero) is 1. The van der Waals surface area contributed by atoms with E-state index in [2.05, 4.69) is 106 Å². The van der Waals surface area contributed by atoms with Gasteiger partial charge in [-0.2, -0.15) is 0 Å². The molecule has 10 aliphatic rings. The van der Waals surface area contributed by atoms with Crippen LogP contribution in [0.2, 0.25) is 0 Å². The van der Waals surface area contributed by atoms with Gasteiger partial charge in [0.05, 0.1) is 16.4 Å². The lowest BCUT2D eigenvalue weighted by molar-refractivity contribution is 0.0948. The van der Waals surface area contributed by atoms with Crippen molar-refractivity contribution in [1.82, 2.24) is 0 Å². The summed E-state index contributed by atoms with van der Waals surface area (Å²) >= 11 is 0. The Hall–Kier alpha value is -3.65. The van der Waals surface area contributed by atoms with Gasteiger partial charge in [-0.3, -0.25) is 4.79 Å². The molecule has 0 radical (unpaired) electrons. The van der Waals surface area contributed by atoms with Gasteiger partial charge in [-0.1, -0.05) is 242 Å². The van der Waals surface area contributed by atoms with Crippen LogP contribution in [0.15, 0.2) is 99.6 Å². The fourth-order valence-corrected chi connectivity index (χ4v) is 28.5. The van der Waals surface area contributed by atoms with Crippen LogP contribution in [0.4, 0.5) is 0 Å². The third-order valence-electron chi connectivity index (χ3n) is 26.2. The van der Waals surface area contributed by atoms with Crippen LogP contribution in [-0.4, -0.2) is 66.6 Å². The molecular weight excluding hydrogens is 1350 g/mol. The van der Waals surface area contributed by atoms with Crippen LogP contribution in [0.1, 0.15) is 394 Å². The minimum Gasteiger partial charge on any atom is -0.744 e. The van der Waals surface area contributed by atoms with Gasteiger partial charge in [0.15, 0.2) is 10.1 Å². The lowest BCUT2D eigenvalue weighted by Gasteiger charge is -2.33. The highest BCUT2D eigenvalue weighted by atomic mass is 32.2. The number of rotatable bonds is 16. The van der Waals surface area contributed by atoms with Crippen molar-refractivity contribution in [3.05, 3.63) is 129 Å². The monoisotopic (exact) mass is 1480 g/mol. The molecule has 566 valence electrons. The van der Waals surface area contributed by atoms with Crippen LogP contribution < -0.4 is 4.74 Å². The Labute approximate surface area is 630 Å². The summed E-state index contributed by atoms with van der Waals surface area (Å²) in [5, 5.41) is 2.94. The minimum absolute atomic E-state index is 0.0621. The Kier molecular flexibility index (Phi) is 29.2. The molecule has 1 unspecified atom stereocenters. The molecule has 10 fully saturated rings. The third kappa shape index (κ3) is 21.2. The highest BCUT2D eigenvalue weighted by molar-refractivity contribution is 7.98. The number of ether oxygens (including phenoxy) is 1. The first kappa shape index (κ1) is 78.9. The Morgan fingerprint density at radius 2 is 0.728 bits per heavy atom. The molecule has 0 amide bonds. The van der Waals surface area contributed by atoms with Crippen LogP contribution in [0.25, 0.3) is 10.8 Å². The van der Waals surface area contributed by atoms with E-state index in [1.807, 2.05) is 0 Å². The van der Waals surface area contributed by atoms with E-state index in [9.17, 15) is 30.7 Å². The average molecular weight is 1480 g/mol. The number of hydrogen-bond donors (Lipinski definition) is 0. The van der Waals surface area contributed by atoms with Crippen LogP contribution in [0.5, 0.6) is 5.75 Å². The van der Waals surface area contributed by atoms with Gasteiger partial charge in [-0.05, 0) is 244 Å². The van der Waals surface area contributed by atoms with Gasteiger partial charge >= 0.3 is 0 Å². The molecule has 0 bridgehead atoms. The summed E-state index contributed by atoms with van der Waals surface area (Å²) in [5.41, 5.74) is 8.65. The molecule has 5 aromatic rings. The summed E-state index contributed by atoms with van der Waals surface area (Å²) in [4.78, 5) is 15.2. The second kappa shape index (κ2) is 38.1. The van der Waals surface area contributed by atoms with Crippen LogP contribution in [0, 0.1) is 11.3 Å². The maximum Gasteiger partial charge on any atom is 0.215 e. The number of benzene rings is 5. The van der Waals surface area contributed by atoms with Crippen molar-refractivity contribution in [2.24, 2.45) is 11.3 Å². The molecule has 8 saturated carbocycles. The van der Waals surface area contributed by atoms with Gasteiger partial charge in [0, 0.05) is 32.6 Å². The predicted molar refractivity (Wildman–Crippen MR) is 431 cm³/mol. The first-order valence-electron chi connectivity index (χ1n) is 42.4. The van der Waals surface area contributed by atoms with Gasteiger partial charge < -0.3 is 13.8 Å².